The lowest BCUT2D eigenvalue weighted by molar-refractivity contribution is -0.129. The van der Waals surface area contributed by atoms with Crippen molar-refractivity contribution in [3.8, 4) is 0 Å². The fourth-order valence-electron chi connectivity index (χ4n) is 2.71. The van der Waals surface area contributed by atoms with Crippen molar-refractivity contribution in [2.75, 3.05) is 13.1 Å². The second kappa shape index (κ2) is 9.62. The lowest BCUT2D eigenvalue weighted by Gasteiger charge is -2.21. The molecule has 2 rings (SSSR count). The summed E-state index contributed by atoms with van der Waals surface area (Å²) >= 11 is 0. The summed E-state index contributed by atoms with van der Waals surface area (Å²) in [5, 5.41) is 2.99. The van der Waals surface area contributed by atoms with Crippen molar-refractivity contribution in [2.45, 2.75) is 32.7 Å². The molecule has 4 heteroatoms. The number of amides is 2. The summed E-state index contributed by atoms with van der Waals surface area (Å²) in [6.45, 7) is 4.58. The van der Waals surface area contributed by atoms with E-state index >= 15 is 0 Å². The number of carbonyl (C=O) groups is 2. The Morgan fingerprint density at radius 3 is 2.16 bits per heavy atom. The maximum Gasteiger partial charge on any atom is 0.222 e. The van der Waals surface area contributed by atoms with Gasteiger partial charge in [0.15, 0.2) is 0 Å². The van der Waals surface area contributed by atoms with E-state index in [4.69, 9.17) is 0 Å². The van der Waals surface area contributed by atoms with Crippen LogP contribution in [-0.2, 0) is 16.0 Å². The van der Waals surface area contributed by atoms with Gasteiger partial charge in [-0.1, -0.05) is 60.7 Å². The SMILES string of the molecule is CC(=O)N(CCC(=O)NC(C)c1ccccc1)CCc1ccccc1. The van der Waals surface area contributed by atoms with E-state index in [0.29, 0.717) is 19.5 Å². The Balaban J connectivity index is 1.79. The Kier molecular flexibility index (Phi) is 7.20. The minimum Gasteiger partial charge on any atom is -0.350 e. The van der Waals surface area contributed by atoms with Gasteiger partial charge in [-0.05, 0) is 24.5 Å². The molecule has 0 saturated carbocycles. The van der Waals surface area contributed by atoms with E-state index < -0.39 is 0 Å². The van der Waals surface area contributed by atoms with Crippen molar-refractivity contribution < 1.29 is 9.59 Å². The molecule has 4 nitrogen and oxygen atoms in total. The fraction of sp³-hybridized carbons (Fsp3) is 0.333. The minimum absolute atomic E-state index is 0.000149. The van der Waals surface area contributed by atoms with Gasteiger partial charge in [-0.25, -0.2) is 0 Å². The predicted octanol–water partition coefficient (Wildman–Crippen LogP) is 3.35. The molecule has 0 saturated heterocycles. The van der Waals surface area contributed by atoms with Crippen LogP contribution in [-0.4, -0.2) is 29.8 Å². The molecule has 1 unspecified atom stereocenters. The van der Waals surface area contributed by atoms with Crippen LogP contribution in [0.4, 0.5) is 0 Å². The Morgan fingerprint density at radius 2 is 1.56 bits per heavy atom. The van der Waals surface area contributed by atoms with Gasteiger partial charge in [0, 0.05) is 26.4 Å². The highest BCUT2D eigenvalue weighted by Crippen LogP contribution is 2.11. The van der Waals surface area contributed by atoms with E-state index in [1.807, 2.05) is 67.6 Å². The third-order valence-electron chi connectivity index (χ3n) is 4.24. The molecule has 2 amide bonds. The third-order valence-corrected chi connectivity index (χ3v) is 4.24. The van der Waals surface area contributed by atoms with Crippen molar-refractivity contribution >= 4 is 11.8 Å². The first-order valence-electron chi connectivity index (χ1n) is 8.70. The third kappa shape index (κ3) is 6.42. The molecule has 0 bridgehead atoms. The Bertz CT molecular complexity index is 671. The molecule has 1 atom stereocenters. The summed E-state index contributed by atoms with van der Waals surface area (Å²) in [5.41, 5.74) is 2.26. The molecule has 0 aromatic heterocycles. The van der Waals surface area contributed by atoms with Gasteiger partial charge in [-0.15, -0.1) is 0 Å². The molecule has 0 fully saturated rings. The van der Waals surface area contributed by atoms with Gasteiger partial charge >= 0.3 is 0 Å². The van der Waals surface area contributed by atoms with E-state index in [-0.39, 0.29) is 17.9 Å². The van der Waals surface area contributed by atoms with Crippen molar-refractivity contribution in [3.63, 3.8) is 0 Å². The molecule has 0 aliphatic carbocycles. The summed E-state index contributed by atoms with van der Waals surface area (Å²) in [5.74, 6) is -0.0397. The van der Waals surface area contributed by atoms with Gasteiger partial charge in [-0.2, -0.15) is 0 Å². The van der Waals surface area contributed by atoms with Crippen molar-refractivity contribution in [1.29, 1.82) is 0 Å². The summed E-state index contributed by atoms with van der Waals surface area (Å²) in [7, 11) is 0. The van der Waals surface area contributed by atoms with E-state index in [9.17, 15) is 9.59 Å². The zero-order valence-electron chi connectivity index (χ0n) is 14.9. The maximum absolute atomic E-state index is 12.2. The number of nitrogens with one attached hydrogen (secondary N) is 1. The van der Waals surface area contributed by atoms with Crippen molar-refractivity contribution in [1.82, 2.24) is 10.2 Å². The van der Waals surface area contributed by atoms with Crippen molar-refractivity contribution in [2.24, 2.45) is 0 Å². The van der Waals surface area contributed by atoms with Gasteiger partial charge in [-0.3, -0.25) is 9.59 Å². The van der Waals surface area contributed by atoms with E-state index in [0.717, 1.165) is 12.0 Å². The molecule has 0 aliphatic rings. The highest BCUT2D eigenvalue weighted by atomic mass is 16.2. The summed E-state index contributed by atoms with van der Waals surface area (Å²) in [6.07, 6.45) is 1.11. The van der Waals surface area contributed by atoms with E-state index in [1.165, 1.54) is 5.56 Å². The van der Waals surface area contributed by atoms with E-state index in [1.54, 1.807) is 11.8 Å². The molecule has 2 aromatic rings. The monoisotopic (exact) mass is 338 g/mol. The molecular weight excluding hydrogens is 312 g/mol. The second-order valence-electron chi connectivity index (χ2n) is 6.19. The molecule has 25 heavy (non-hydrogen) atoms. The molecule has 0 spiro atoms. The standard InChI is InChI=1S/C21H26N2O2/c1-17(20-11-7-4-8-12-20)22-21(25)14-16-23(18(2)24)15-13-19-9-5-3-6-10-19/h3-12,17H,13-16H2,1-2H3,(H,22,25). The average molecular weight is 338 g/mol. The zero-order valence-corrected chi connectivity index (χ0v) is 14.9. The van der Waals surface area contributed by atoms with Crippen molar-refractivity contribution in [3.05, 3.63) is 71.8 Å². The number of carbonyl (C=O) groups excluding carboxylic acids is 2. The molecule has 2 aromatic carbocycles. The first-order valence-corrected chi connectivity index (χ1v) is 8.70. The first kappa shape index (κ1) is 18.7. The zero-order chi connectivity index (χ0) is 18.1. The topological polar surface area (TPSA) is 49.4 Å². The molecule has 0 aliphatic heterocycles. The van der Waals surface area contributed by atoms with Crippen LogP contribution < -0.4 is 5.32 Å². The highest BCUT2D eigenvalue weighted by molar-refractivity contribution is 5.78. The lowest BCUT2D eigenvalue weighted by Crippen LogP contribution is -2.35. The molecule has 1 N–H and O–H groups in total. The van der Waals surface area contributed by atoms with Crippen LogP contribution in [0.25, 0.3) is 0 Å². The number of rotatable bonds is 8. The average Bonchev–Trinajstić information content (AvgIpc) is 2.63. The number of nitrogens with zero attached hydrogens (tertiary/aromatic N) is 1. The second-order valence-corrected chi connectivity index (χ2v) is 6.19. The number of benzene rings is 2. The Labute approximate surface area is 149 Å². The summed E-state index contributed by atoms with van der Waals surface area (Å²) in [4.78, 5) is 25.7. The van der Waals surface area contributed by atoms with Crippen LogP contribution in [0.15, 0.2) is 60.7 Å². The van der Waals surface area contributed by atoms with Gasteiger partial charge in [0.1, 0.15) is 0 Å². The largest absolute Gasteiger partial charge is 0.350 e. The normalized spacial score (nSPS) is 11.6. The van der Waals surface area contributed by atoms with Gasteiger partial charge < -0.3 is 10.2 Å². The fourth-order valence-corrected chi connectivity index (χ4v) is 2.71. The smallest absolute Gasteiger partial charge is 0.222 e. The quantitative estimate of drug-likeness (QED) is 0.802. The van der Waals surface area contributed by atoms with Crippen LogP contribution >= 0.6 is 0 Å². The van der Waals surface area contributed by atoms with Gasteiger partial charge in [0.2, 0.25) is 11.8 Å². The summed E-state index contributed by atoms with van der Waals surface area (Å²) < 4.78 is 0. The van der Waals surface area contributed by atoms with Crippen LogP contribution in [0.3, 0.4) is 0 Å². The van der Waals surface area contributed by atoms with Crippen LogP contribution in [0.5, 0.6) is 0 Å². The van der Waals surface area contributed by atoms with Gasteiger partial charge in [0.25, 0.3) is 0 Å². The first-order chi connectivity index (χ1) is 12.1. The number of hydrogen-bond donors (Lipinski definition) is 1. The number of hydrogen-bond acceptors (Lipinski definition) is 2. The lowest BCUT2D eigenvalue weighted by atomic mass is 10.1. The Morgan fingerprint density at radius 1 is 0.960 bits per heavy atom. The Hall–Kier alpha value is -2.62. The van der Waals surface area contributed by atoms with Crippen LogP contribution in [0, 0.1) is 0 Å². The molecular formula is C21H26N2O2. The summed E-state index contributed by atoms with van der Waals surface area (Å²) in [6, 6.07) is 19.9. The minimum atomic E-state index is -0.0395. The highest BCUT2D eigenvalue weighted by Gasteiger charge is 2.13. The molecule has 132 valence electrons. The van der Waals surface area contributed by atoms with Gasteiger partial charge in [0.05, 0.1) is 6.04 Å². The van der Waals surface area contributed by atoms with Crippen LogP contribution in [0.2, 0.25) is 0 Å². The molecule has 0 radical (unpaired) electrons. The molecule has 0 heterocycles. The van der Waals surface area contributed by atoms with Crippen LogP contribution in [0.1, 0.15) is 37.4 Å². The van der Waals surface area contributed by atoms with E-state index in [2.05, 4.69) is 5.32 Å². The maximum atomic E-state index is 12.2. The predicted molar refractivity (Wildman–Crippen MR) is 100 cm³/mol.